The van der Waals surface area contributed by atoms with E-state index >= 15 is 0 Å². The first kappa shape index (κ1) is 11.9. The number of aliphatic carboxylic acids is 1. The van der Waals surface area contributed by atoms with Crippen molar-refractivity contribution < 1.29 is 14.6 Å². The molecule has 0 saturated carbocycles. The summed E-state index contributed by atoms with van der Waals surface area (Å²) < 4.78 is 6.61. The molecule has 0 radical (unpaired) electrons. The van der Waals surface area contributed by atoms with Gasteiger partial charge in [0, 0.05) is 31.9 Å². The van der Waals surface area contributed by atoms with Gasteiger partial charge in [-0.3, -0.25) is 19.4 Å². The Hall–Kier alpha value is -1.56. The molecule has 0 unspecified atom stereocenters. The summed E-state index contributed by atoms with van der Waals surface area (Å²) >= 11 is 0. The molecule has 94 valence electrons. The SMILES string of the molecule is Cn1[nH]c(C2CCOCC2)c(CC(=O)O)c1=O. The number of rotatable bonds is 3. The molecule has 1 aliphatic heterocycles. The van der Waals surface area contributed by atoms with Crippen molar-refractivity contribution in [3.63, 3.8) is 0 Å². The van der Waals surface area contributed by atoms with E-state index in [1.54, 1.807) is 7.05 Å². The highest BCUT2D eigenvalue weighted by molar-refractivity contribution is 5.70. The van der Waals surface area contributed by atoms with E-state index in [1.165, 1.54) is 4.68 Å². The van der Waals surface area contributed by atoms with Crippen LogP contribution in [0.3, 0.4) is 0 Å². The fraction of sp³-hybridized carbons (Fsp3) is 0.636. The molecule has 1 aromatic rings. The Balaban J connectivity index is 2.34. The highest BCUT2D eigenvalue weighted by Gasteiger charge is 2.24. The lowest BCUT2D eigenvalue weighted by Crippen LogP contribution is -2.19. The molecular formula is C11H16N2O4. The molecule has 0 aromatic carbocycles. The summed E-state index contributed by atoms with van der Waals surface area (Å²) in [6.45, 7) is 1.32. The van der Waals surface area contributed by atoms with Crippen molar-refractivity contribution in [2.45, 2.75) is 25.2 Å². The smallest absolute Gasteiger partial charge is 0.308 e. The Morgan fingerprint density at radius 3 is 2.76 bits per heavy atom. The van der Waals surface area contributed by atoms with Crippen LogP contribution in [0.2, 0.25) is 0 Å². The number of H-pyrrole nitrogens is 1. The number of hydrogen-bond acceptors (Lipinski definition) is 3. The molecule has 0 amide bonds. The van der Waals surface area contributed by atoms with Gasteiger partial charge in [0.05, 0.1) is 12.0 Å². The van der Waals surface area contributed by atoms with Gasteiger partial charge in [0.2, 0.25) is 0 Å². The van der Waals surface area contributed by atoms with E-state index in [0.29, 0.717) is 18.8 Å². The summed E-state index contributed by atoms with van der Waals surface area (Å²) in [6, 6.07) is 0. The van der Waals surface area contributed by atoms with Gasteiger partial charge in [-0.25, -0.2) is 0 Å². The fourth-order valence-electron chi connectivity index (χ4n) is 2.26. The molecule has 2 N–H and O–H groups in total. The van der Waals surface area contributed by atoms with Crippen LogP contribution in [-0.2, 0) is 23.0 Å². The Labute approximate surface area is 98.2 Å². The summed E-state index contributed by atoms with van der Waals surface area (Å²) in [6.07, 6.45) is 1.43. The number of carboxylic acid groups (broad SMARTS) is 1. The Kier molecular flexibility index (Phi) is 3.33. The molecule has 6 heteroatoms. The quantitative estimate of drug-likeness (QED) is 0.792. The van der Waals surface area contributed by atoms with Gasteiger partial charge in [-0.2, -0.15) is 0 Å². The van der Waals surface area contributed by atoms with Crippen molar-refractivity contribution >= 4 is 5.97 Å². The maximum atomic E-state index is 11.8. The lowest BCUT2D eigenvalue weighted by Gasteiger charge is -2.21. The third kappa shape index (κ3) is 2.41. The number of aromatic amines is 1. The molecule has 1 aliphatic rings. The molecule has 0 spiro atoms. The van der Waals surface area contributed by atoms with Crippen molar-refractivity contribution in [3.8, 4) is 0 Å². The average molecular weight is 240 g/mol. The predicted molar refractivity (Wildman–Crippen MR) is 60.2 cm³/mol. The topological polar surface area (TPSA) is 84.3 Å². The Morgan fingerprint density at radius 1 is 1.53 bits per heavy atom. The molecule has 1 fully saturated rings. The predicted octanol–water partition coefficient (Wildman–Crippen LogP) is 0.234. The van der Waals surface area contributed by atoms with Gasteiger partial charge in [0.25, 0.3) is 5.56 Å². The van der Waals surface area contributed by atoms with Crippen LogP contribution in [0.5, 0.6) is 0 Å². The second-order valence-electron chi connectivity index (χ2n) is 4.33. The summed E-state index contributed by atoms with van der Waals surface area (Å²) in [5, 5.41) is 11.8. The van der Waals surface area contributed by atoms with Crippen LogP contribution in [0.25, 0.3) is 0 Å². The number of nitrogens with one attached hydrogen (secondary N) is 1. The number of aromatic nitrogens is 2. The van der Waals surface area contributed by atoms with Gasteiger partial charge in [0.15, 0.2) is 0 Å². The number of hydrogen-bond donors (Lipinski definition) is 2. The zero-order valence-electron chi connectivity index (χ0n) is 9.73. The zero-order chi connectivity index (χ0) is 12.4. The van der Waals surface area contributed by atoms with Crippen molar-refractivity contribution in [3.05, 3.63) is 21.6 Å². The number of carbonyl (C=O) groups is 1. The molecular weight excluding hydrogens is 224 g/mol. The number of aryl methyl sites for hydroxylation is 1. The number of nitrogens with zero attached hydrogens (tertiary/aromatic N) is 1. The molecule has 0 atom stereocenters. The first-order valence-electron chi connectivity index (χ1n) is 5.67. The molecule has 1 saturated heterocycles. The van der Waals surface area contributed by atoms with E-state index in [4.69, 9.17) is 9.84 Å². The minimum absolute atomic E-state index is 0.201. The van der Waals surface area contributed by atoms with Gasteiger partial charge < -0.3 is 9.84 Å². The normalized spacial score (nSPS) is 17.2. The molecule has 6 nitrogen and oxygen atoms in total. The van der Waals surface area contributed by atoms with Crippen molar-refractivity contribution in [1.29, 1.82) is 0 Å². The standard InChI is InChI=1S/C11H16N2O4/c1-13-11(16)8(6-9(14)15)10(12-13)7-2-4-17-5-3-7/h7,12H,2-6H2,1H3,(H,14,15). The van der Waals surface area contributed by atoms with Crippen LogP contribution in [0.1, 0.15) is 30.0 Å². The molecule has 0 bridgehead atoms. The van der Waals surface area contributed by atoms with E-state index in [2.05, 4.69) is 5.10 Å². The minimum Gasteiger partial charge on any atom is -0.481 e. The summed E-state index contributed by atoms with van der Waals surface area (Å²) in [4.78, 5) is 22.6. The van der Waals surface area contributed by atoms with Crippen LogP contribution in [0.15, 0.2) is 4.79 Å². The van der Waals surface area contributed by atoms with Crippen molar-refractivity contribution in [1.82, 2.24) is 9.78 Å². The molecule has 1 aromatic heterocycles. The average Bonchev–Trinajstić information content (AvgIpc) is 2.58. The van der Waals surface area contributed by atoms with E-state index < -0.39 is 5.97 Å². The van der Waals surface area contributed by atoms with E-state index in [9.17, 15) is 9.59 Å². The van der Waals surface area contributed by atoms with E-state index in [-0.39, 0.29) is 17.9 Å². The van der Waals surface area contributed by atoms with Crippen LogP contribution in [0.4, 0.5) is 0 Å². The second kappa shape index (κ2) is 4.75. The number of ether oxygens (including phenoxy) is 1. The monoisotopic (exact) mass is 240 g/mol. The first-order valence-corrected chi connectivity index (χ1v) is 5.67. The van der Waals surface area contributed by atoms with Crippen LogP contribution < -0.4 is 5.56 Å². The van der Waals surface area contributed by atoms with E-state index in [0.717, 1.165) is 18.5 Å². The molecule has 17 heavy (non-hydrogen) atoms. The van der Waals surface area contributed by atoms with Crippen LogP contribution in [-0.4, -0.2) is 34.1 Å². The Bertz CT molecular complexity index is 468. The lowest BCUT2D eigenvalue weighted by molar-refractivity contribution is -0.136. The maximum Gasteiger partial charge on any atom is 0.308 e. The number of carboxylic acids is 1. The van der Waals surface area contributed by atoms with Crippen molar-refractivity contribution in [2.24, 2.45) is 7.05 Å². The van der Waals surface area contributed by atoms with E-state index in [1.807, 2.05) is 0 Å². The van der Waals surface area contributed by atoms with Gasteiger partial charge in [-0.15, -0.1) is 0 Å². The Morgan fingerprint density at radius 2 is 2.18 bits per heavy atom. The van der Waals surface area contributed by atoms with Crippen molar-refractivity contribution in [2.75, 3.05) is 13.2 Å². The first-order chi connectivity index (χ1) is 8.09. The lowest BCUT2D eigenvalue weighted by atomic mass is 9.93. The van der Waals surface area contributed by atoms with Gasteiger partial charge >= 0.3 is 5.97 Å². The highest BCUT2D eigenvalue weighted by Crippen LogP contribution is 2.26. The summed E-state index contributed by atoms with van der Waals surface area (Å²) in [7, 11) is 1.61. The molecule has 2 heterocycles. The molecule has 0 aliphatic carbocycles. The zero-order valence-corrected chi connectivity index (χ0v) is 9.73. The van der Waals surface area contributed by atoms with Gasteiger partial charge in [-0.05, 0) is 12.8 Å². The molecule has 2 rings (SSSR count). The highest BCUT2D eigenvalue weighted by atomic mass is 16.5. The third-order valence-corrected chi connectivity index (χ3v) is 3.13. The van der Waals surface area contributed by atoms with Crippen LogP contribution >= 0.6 is 0 Å². The van der Waals surface area contributed by atoms with Gasteiger partial charge in [0.1, 0.15) is 0 Å². The fourth-order valence-corrected chi connectivity index (χ4v) is 2.26. The second-order valence-corrected chi connectivity index (χ2v) is 4.33. The van der Waals surface area contributed by atoms with Crippen LogP contribution in [0, 0.1) is 0 Å². The summed E-state index contributed by atoms with van der Waals surface area (Å²) in [5.74, 6) is -0.776. The summed E-state index contributed by atoms with van der Waals surface area (Å²) in [5.41, 5.74) is 0.906. The minimum atomic E-state index is -0.977. The largest absolute Gasteiger partial charge is 0.481 e. The van der Waals surface area contributed by atoms with Gasteiger partial charge in [-0.1, -0.05) is 0 Å². The maximum absolute atomic E-state index is 11.8. The third-order valence-electron chi connectivity index (χ3n) is 3.13.